The number of nitrogens with zero attached hydrogens (tertiary/aromatic N) is 2. The predicted octanol–water partition coefficient (Wildman–Crippen LogP) is 4.64. The second-order valence-electron chi connectivity index (χ2n) is 5.37. The molecule has 0 heterocycles. The number of aliphatic imine (C=N–C) groups is 2. The zero-order chi connectivity index (χ0) is 18.5. The molecule has 0 fully saturated rings. The van der Waals surface area contributed by atoms with Gasteiger partial charge in [0.15, 0.2) is 0 Å². The summed E-state index contributed by atoms with van der Waals surface area (Å²) in [5.74, 6) is -0.344. The molecule has 0 aliphatic rings. The Balaban J connectivity index is 0.00000261. The van der Waals surface area contributed by atoms with Crippen LogP contribution in [0.15, 0.2) is 70.6 Å². The Bertz CT molecular complexity index is 927. The van der Waals surface area contributed by atoms with Crippen molar-refractivity contribution in [3.8, 4) is 11.5 Å². The van der Waals surface area contributed by atoms with Crippen LogP contribution in [0.1, 0.15) is 11.1 Å². The average molecular weight is 578 g/mol. The van der Waals surface area contributed by atoms with Crippen LogP contribution in [-0.4, -0.2) is 12.4 Å². The number of para-hydroxylation sites is 2. The average Bonchev–Trinajstić information content (AvgIpc) is 2.64. The van der Waals surface area contributed by atoms with Gasteiger partial charge in [-0.1, -0.05) is 59.0 Å². The molecule has 27 heavy (non-hydrogen) atoms. The Morgan fingerprint density at radius 3 is 1.48 bits per heavy atom. The molecule has 0 aliphatic heterocycles. The van der Waals surface area contributed by atoms with Gasteiger partial charge in [-0.2, -0.15) is 0 Å². The molecule has 0 N–H and O–H groups in total. The molecule has 3 rings (SSSR count). The standard InChI is InChI=1S/C20H14Cl2N2O2.Pt/c21-15-5-7-19(25)13(9-15)11-23-17-3-1-2-4-18(17)24-12-14-10-16(22)6-8-20(14)26;/h1-12,25-26H;/q;+2/p-2. The van der Waals surface area contributed by atoms with Gasteiger partial charge in [0.2, 0.25) is 0 Å². The fourth-order valence-corrected chi connectivity index (χ4v) is 2.56. The molecule has 0 amide bonds. The van der Waals surface area contributed by atoms with Gasteiger partial charge < -0.3 is 10.2 Å². The quantitative estimate of drug-likeness (QED) is 0.424. The van der Waals surface area contributed by atoms with Crippen LogP contribution in [-0.2, 0) is 21.1 Å². The van der Waals surface area contributed by atoms with Crippen molar-refractivity contribution in [3.63, 3.8) is 0 Å². The minimum absolute atomic E-state index is 0. The van der Waals surface area contributed by atoms with Crippen molar-refractivity contribution in [2.45, 2.75) is 0 Å². The van der Waals surface area contributed by atoms with Crippen molar-refractivity contribution < 1.29 is 31.3 Å². The van der Waals surface area contributed by atoms with Crippen LogP contribution in [0, 0.1) is 0 Å². The van der Waals surface area contributed by atoms with Crippen molar-refractivity contribution in [2.75, 3.05) is 0 Å². The van der Waals surface area contributed by atoms with E-state index in [4.69, 9.17) is 23.2 Å². The third-order valence-electron chi connectivity index (χ3n) is 3.51. The van der Waals surface area contributed by atoms with E-state index in [2.05, 4.69) is 9.98 Å². The van der Waals surface area contributed by atoms with E-state index < -0.39 is 0 Å². The van der Waals surface area contributed by atoms with Gasteiger partial charge in [0.1, 0.15) is 0 Å². The fourth-order valence-electron chi connectivity index (χ4n) is 2.20. The van der Waals surface area contributed by atoms with Crippen LogP contribution in [0.5, 0.6) is 11.5 Å². The molecule has 7 heteroatoms. The van der Waals surface area contributed by atoms with E-state index >= 15 is 0 Å². The van der Waals surface area contributed by atoms with Crippen molar-refractivity contribution in [1.29, 1.82) is 0 Å². The number of hydrogen-bond donors (Lipinski definition) is 0. The van der Waals surface area contributed by atoms with Gasteiger partial charge in [-0.15, -0.1) is 0 Å². The summed E-state index contributed by atoms with van der Waals surface area (Å²) in [5.41, 5.74) is 1.87. The van der Waals surface area contributed by atoms with E-state index in [0.29, 0.717) is 32.5 Å². The maximum Gasteiger partial charge on any atom is 2.00 e. The molecular formula is C20H12Cl2N2O2Pt. The third kappa shape index (κ3) is 5.67. The summed E-state index contributed by atoms with van der Waals surface area (Å²) in [7, 11) is 0. The first-order valence-electron chi connectivity index (χ1n) is 7.63. The Hall–Kier alpha value is -2.13. The van der Waals surface area contributed by atoms with Gasteiger partial charge in [0.25, 0.3) is 0 Å². The van der Waals surface area contributed by atoms with E-state index in [1.54, 1.807) is 36.4 Å². The maximum absolute atomic E-state index is 11.8. The molecular weight excluding hydrogens is 566 g/mol. The summed E-state index contributed by atoms with van der Waals surface area (Å²) in [4.78, 5) is 8.66. The predicted molar refractivity (Wildman–Crippen MR) is 103 cm³/mol. The summed E-state index contributed by atoms with van der Waals surface area (Å²) >= 11 is 11.8. The molecule has 4 nitrogen and oxygen atoms in total. The van der Waals surface area contributed by atoms with E-state index in [0.717, 1.165) is 0 Å². The second-order valence-corrected chi connectivity index (χ2v) is 6.24. The number of hydrogen-bond acceptors (Lipinski definition) is 4. The summed E-state index contributed by atoms with van der Waals surface area (Å²) in [5, 5.41) is 24.6. The largest absolute Gasteiger partial charge is 2.00 e. The molecule has 0 unspecified atom stereocenters. The summed E-state index contributed by atoms with van der Waals surface area (Å²) in [6.07, 6.45) is 2.89. The topological polar surface area (TPSA) is 70.8 Å². The smallest absolute Gasteiger partial charge is 0.872 e. The molecule has 3 aromatic carbocycles. The van der Waals surface area contributed by atoms with Crippen LogP contribution in [0.25, 0.3) is 0 Å². The molecule has 0 saturated carbocycles. The van der Waals surface area contributed by atoms with Crippen molar-refractivity contribution in [2.24, 2.45) is 9.98 Å². The zero-order valence-electron chi connectivity index (χ0n) is 13.7. The van der Waals surface area contributed by atoms with Gasteiger partial charge >= 0.3 is 21.1 Å². The summed E-state index contributed by atoms with van der Waals surface area (Å²) < 4.78 is 0. The molecule has 3 aromatic rings. The molecule has 0 radical (unpaired) electrons. The van der Waals surface area contributed by atoms with Gasteiger partial charge in [0, 0.05) is 22.5 Å². The maximum atomic E-state index is 11.8. The Labute approximate surface area is 181 Å². The number of halogens is 2. The van der Waals surface area contributed by atoms with Gasteiger partial charge in [-0.05, 0) is 47.5 Å². The van der Waals surface area contributed by atoms with Crippen LogP contribution in [0.3, 0.4) is 0 Å². The minimum Gasteiger partial charge on any atom is -0.872 e. The SMILES string of the molecule is [O-]c1ccc(Cl)cc1C=Nc1ccccc1N=Cc1cc(Cl)ccc1[O-].[Pt+2]. The first kappa shape index (κ1) is 21.2. The summed E-state index contributed by atoms with van der Waals surface area (Å²) in [6.45, 7) is 0. The molecule has 0 saturated heterocycles. The molecule has 0 aliphatic carbocycles. The van der Waals surface area contributed by atoms with Crippen LogP contribution in [0.4, 0.5) is 11.4 Å². The first-order valence-corrected chi connectivity index (χ1v) is 8.39. The van der Waals surface area contributed by atoms with E-state index in [1.807, 2.05) is 0 Å². The minimum atomic E-state index is -0.172. The van der Waals surface area contributed by atoms with Crippen LogP contribution < -0.4 is 10.2 Å². The fraction of sp³-hybridized carbons (Fsp3) is 0. The number of benzene rings is 3. The Morgan fingerprint density at radius 2 is 1.07 bits per heavy atom. The van der Waals surface area contributed by atoms with Crippen molar-refractivity contribution >= 4 is 47.0 Å². The van der Waals surface area contributed by atoms with Crippen molar-refractivity contribution in [3.05, 3.63) is 81.8 Å². The molecule has 0 spiro atoms. The van der Waals surface area contributed by atoms with Crippen LogP contribution >= 0.6 is 23.2 Å². The van der Waals surface area contributed by atoms with Gasteiger partial charge in [0.05, 0.1) is 11.4 Å². The van der Waals surface area contributed by atoms with Crippen molar-refractivity contribution in [1.82, 2.24) is 0 Å². The Kier molecular flexibility index (Phi) is 7.61. The van der Waals surface area contributed by atoms with E-state index in [9.17, 15) is 10.2 Å². The molecule has 0 bridgehead atoms. The number of rotatable bonds is 4. The zero-order valence-corrected chi connectivity index (χ0v) is 17.5. The Morgan fingerprint density at radius 1 is 0.667 bits per heavy atom. The first-order chi connectivity index (χ1) is 12.5. The third-order valence-corrected chi connectivity index (χ3v) is 3.98. The summed E-state index contributed by atoms with van der Waals surface area (Å²) in [6, 6.07) is 16.1. The molecule has 0 atom stereocenters. The molecule has 138 valence electrons. The van der Waals surface area contributed by atoms with Gasteiger partial charge in [-0.3, -0.25) is 9.98 Å². The van der Waals surface area contributed by atoms with Crippen LogP contribution in [0.2, 0.25) is 10.0 Å². The van der Waals surface area contributed by atoms with E-state index in [1.165, 1.54) is 36.7 Å². The van der Waals surface area contributed by atoms with E-state index in [-0.39, 0.29) is 32.6 Å². The van der Waals surface area contributed by atoms with Gasteiger partial charge in [-0.25, -0.2) is 0 Å². The molecule has 0 aromatic heterocycles. The monoisotopic (exact) mass is 577 g/mol. The normalized spacial score (nSPS) is 11.0. The second kappa shape index (κ2) is 9.70.